The highest BCUT2D eigenvalue weighted by molar-refractivity contribution is 5.32. The molecule has 0 radical (unpaired) electrons. The lowest BCUT2D eigenvalue weighted by molar-refractivity contribution is 0.503. The van der Waals surface area contributed by atoms with Gasteiger partial charge in [-0.3, -0.25) is 0 Å². The van der Waals surface area contributed by atoms with Crippen LogP contribution in [-0.2, 0) is 6.42 Å². The Hall–Kier alpha value is -1.24. The van der Waals surface area contributed by atoms with Gasteiger partial charge in [-0.25, -0.2) is 0 Å². The summed E-state index contributed by atoms with van der Waals surface area (Å²) < 4.78 is 0. The van der Waals surface area contributed by atoms with Gasteiger partial charge >= 0.3 is 0 Å². The zero-order valence-corrected chi connectivity index (χ0v) is 10.1. The van der Waals surface area contributed by atoms with Gasteiger partial charge in [-0.2, -0.15) is 0 Å². The van der Waals surface area contributed by atoms with E-state index in [-0.39, 0.29) is 0 Å². The predicted octanol–water partition coefficient (Wildman–Crippen LogP) is 3.61. The largest absolute Gasteiger partial charge is 0.402 e. The third-order valence-electron chi connectivity index (χ3n) is 3.84. The monoisotopic (exact) mass is 215 g/mol. The van der Waals surface area contributed by atoms with Crippen LogP contribution in [0.15, 0.2) is 36.5 Å². The number of benzene rings is 1. The number of allylic oxidation sites excluding steroid dienone is 1. The molecule has 1 aliphatic carbocycles. The fourth-order valence-electron chi connectivity index (χ4n) is 2.78. The highest BCUT2D eigenvalue weighted by Crippen LogP contribution is 2.35. The van der Waals surface area contributed by atoms with Crippen LogP contribution in [0.25, 0.3) is 0 Å². The molecule has 1 unspecified atom stereocenters. The van der Waals surface area contributed by atoms with Crippen molar-refractivity contribution in [2.24, 2.45) is 11.7 Å². The molecule has 0 fully saturated rings. The van der Waals surface area contributed by atoms with E-state index >= 15 is 0 Å². The standard InChI is InChI=1S/C15H21N/c1-3-12-8-9-13(11(2)16)10-14-6-4-5-7-15(12)14/h4-7,12-13H,2-3,8-10,16H2,1H3/t12?,13-/m0/s1. The molecule has 2 N–H and O–H groups in total. The van der Waals surface area contributed by atoms with E-state index in [9.17, 15) is 0 Å². The summed E-state index contributed by atoms with van der Waals surface area (Å²) in [7, 11) is 0. The molecule has 0 aliphatic heterocycles. The first-order chi connectivity index (χ1) is 7.72. The highest BCUT2D eigenvalue weighted by Gasteiger charge is 2.22. The highest BCUT2D eigenvalue weighted by atomic mass is 14.6. The maximum absolute atomic E-state index is 5.89. The second kappa shape index (κ2) is 4.73. The molecular formula is C15H21N. The number of rotatable bonds is 2. The number of fused-ring (bicyclic) bond motifs is 1. The van der Waals surface area contributed by atoms with Crippen molar-refractivity contribution in [2.45, 2.75) is 38.5 Å². The van der Waals surface area contributed by atoms with E-state index in [2.05, 4.69) is 37.8 Å². The summed E-state index contributed by atoms with van der Waals surface area (Å²) in [6.07, 6.45) is 4.72. The molecule has 0 saturated heterocycles. The molecule has 86 valence electrons. The fourth-order valence-corrected chi connectivity index (χ4v) is 2.78. The fraction of sp³-hybridized carbons (Fsp3) is 0.467. The van der Waals surface area contributed by atoms with Gasteiger partial charge in [0.25, 0.3) is 0 Å². The van der Waals surface area contributed by atoms with E-state index in [4.69, 9.17) is 5.73 Å². The van der Waals surface area contributed by atoms with Crippen molar-refractivity contribution in [1.82, 2.24) is 0 Å². The molecule has 1 aliphatic rings. The first-order valence-electron chi connectivity index (χ1n) is 6.24. The summed E-state index contributed by atoms with van der Waals surface area (Å²) in [5.74, 6) is 1.18. The Morgan fingerprint density at radius 1 is 1.38 bits per heavy atom. The number of hydrogen-bond donors (Lipinski definition) is 1. The van der Waals surface area contributed by atoms with Gasteiger partial charge in [0.05, 0.1) is 0 Å². The van der Waals surface area contributed by atoms with Crippen LogP contribution < -0.4 is 5.73 Å². The summed E-state index contributed by atoms with van der Waals surface area (Å²) in [5.41, 5.74) is 9.75. The number of nitrogens with two attached hydrogens (primary N) is 1. The smallest absolute Gasteiger partial charge is 0.00423 e. The summed E-state index contributed by atoms with van der Waals surface area (Å²) >= 11 is 0. The van der Waals surface area contributed by atoms with Crippen LogP contribution in [0.1, 0.15) is 43.2 Å². The van der Waals surface area contributed by atoms with Gasteiger partial charge in [0.1, 0.15) is 0 Å². The van der Waals surface area contributed by atoms with Gasteiger partial charge in [0, 0.05) is 11.6 Å². The van der Waals surface area contributed by atoms with Crippen molar-refractivity contribution < 1.29 is 0 Å². The van der Waals surface area contributed by atoms with Crippen LogP contribution in [0.2, 0.25) is 0 Å². The molecule has 0 amide bonds. The normalized spacial score (nSPS) is 24.6. The molecule has 0 spiro atoms. The van der Waals surface area contributed by atoms with Gasteiger partial charge in [-0.15, -0.1) is 0 Å². The van der Waals surface area contributed by atoms with E-state index in [1.807, 2.05) is 0 Å². The Labute approximate surface area is 98.4 Å². The summed E-state index contributed by atoms with van der Waals surface area (Å²) in [4.78, 5) is 0. The maximum atomic E-state index is 5.89. The summed E-state index contributed by atoms with van der Waals surface area (Å²) in [5, 5.41) is 0. The minimum Gasteiger partial charge on any atom is -0.402 e. The molecule has 1 nitrogen and oxygen atoms in total. The number of hydrogen-bond acceptors (Lipinski definition) is 1. The van der Waals surface area contributed by atoms with Gasteiger partial charge < -0.3 is 5.73 Å². The van der Waals surface area contributed by atoms with Crippen LogP contribution in [0.4, 0.5) is 0 Å². The molecule has 0 heterocycles. The Morgan fingerprint density at radius 3 is 2.81 bits per heavy atom. The molecular weight excluding hydrogens is 194 g/mol. The van der Waals surface area contributed by atoms with Gasteiger partial charge in [-0.1, -0.05) is 37.8 Å². The van der Waals surface area contributed by atoms with Gasteiger partial charge in [-0.05, 0) is 42.7 Å². The minimum atomic E-state index is 0.470. The molecule has 1 aromatic rings. The van der Waals surface area contributed by atoms with Crippen molar-refractivity contribution in [1.29, 1.82) is 0 Å². The van der Waals surface area contributed by atoms with Crippen molar-refractivity contribution in [3.8, 4) is 0 Å². The summed E-state index contributed by atoms with van der Waals surface area (Å²) in [6.45, 7) is 6.20. The van der Waals surface area contributed by atoms with Crippen LogP contribution in [0.3, 0.4) is 0 Å². The van der Waals surface area contributed by atoms with Gasteiger partial charge in [0.15, 0.2) is 0 Å². The summed E-state index contributed by atoms with van der Waals surface area (Å²) in [6, 6.07) is 8.82. The van der Waals surface area contributed by atoms with Gasteiger partial charge in [0.2, 0.25) is 0 Å². The molecule has 0 aromatic heterocycles. The molecule has 1 aromatic carbocycles. The van der Waals surface area contributed by atoms with E-state index in [1.165, 1.54) is 30.4 Å². The SMILES string of the molecule is C=C(N)[C@H]1CCC(CC)c2ccccc2C1. The molecule has 2 rings (SSSR count). The zero-order valence-electron chi connectivity index (χ0n) is 10.1. The van der Waals surface area contributed by atoms with E-state index < -0.39 is 0 Å². The average molecular weight is 215 g/mol. The van der Waals surface area contributed by atoms with Crippen molar-refractivity contribution >= 4 is 0 Å². The van der Waals surface area contributed by atoms with Crippen LogP contribution in [0.5, 0.6) is 0 Å². The first kappa shape index (κ1) is 11.3. The third kappa shape index (κ3) is 2.13. The molecule has 2 atom stereocenters. The zero-order chi connectivity index (χ0) is 11.5. The lowest BCUT2D eigenvalue weighted by Gasteiger charge is -2.14. The maximum Gasteiger partial charge on any atom is 0.00423 e. The topological polar surface area (TPSA) is 26.0 Å². The second-order valence-corrected chi connectivity index (χ2v) is 4.86. The van der Waals surface area contributed by atoms with Crippen molar-refractivity contribution in [2.75, 3.05) is 0 Å². The van der Waals surface area contributed by atoms with Crippen LogP contribution >= 0.6 is 0 Å². The van der Waals surface area contributed by atoms with Crippen LogP contribution in [0, 0.1) is 5.92 Å². The Bertz CT molecular complexity index is 381. The predicted molar refractivity (Wildman–Crippen MR) is 69.2 cm³/mol. The van der Waals surface area contributed by atoms with Crippen molar-refractivity contribution in [3.05, 3.63) is 47.7 Å². The molecule has 16 heavy (non-hydrogen) atoms. The van der Waals surface area contributed by atoms with Crippen LogP contribution in [-0.4, -0.2) is 0 Å². The van der Waals surface area contributed by atoms with E-state index in [0.717, 1.165) is 12.1 Å². The second-order valence-electron chi connectivity index (χ2n) is 4.86. The minimum absolute atomic E-state index is 0.470. The Morgan fingerprint density at radius 2 is 2.12 bits per heavy atom. The lowest BCUT2D eigenvalue weighted by atomic mass is 9.91. The van der Waals surface area contributed by atoms with Crippen molar-refractivity contribution in [3.63, 3.8) is 0 Å². The molecule has 1 heteroatoms. The average Bonchev–Trinajstić information content (AvgIpc) is 2.47. The van der Waals surface area contributed by atoms with E-state index in [0.29, 0.717) is 11.8 Å². The van der Waals surface area contributed by atoms with E-state index in [1.54, 1.807) is 0 Å². The Balaban J connectivity index is 2.33. The quantitative estimate of drug-likeness (QED) is 0.749. The third-order valence-corrected chi connectivity index (χ3v) is 3.84. The Kier molecular flexibility index (Phi) is 3.33. The molecule has 0 saturated carbocycles. The first-order valence-corrected chi connectivity index (χ1v) is 6.24. The lowest BCUT2D eigenvalue weighted by Crippen LogP contribution is -2.12. The molecule has 0 bridgehead atoms.